The van der Waals surface area contributed by atoms with Gasteiger partial charge in [0.15, 0.2) is 5.78 Å². The summed E-state index contributed by atoms with van der Waals surface area (Å²) in [4.78, 5) is 16.4. The van der Waals surface area contributed by atoms with E-state index in [-0.39, 0.29) is 5.78 Å². The van der Waals surface area contributed by atoms with Crippen LogP contribution in [0.4, 0.5) is 0 Å². The van der Waals surface area contributed by atoms with Gasteiger partial charge in [-0.1, -0.05) is 73.2 Å². The van der Waals surface area contributed by atoms with Crippen LogP contribution in [-0.2, 0) is 12.8 Å². The second kappa shape index (κ2) is 7.85. The molecule has 5 rings (SSSR count). The Morgan fingerprint density at radius 2 is 1.53 bits per heavy atom. The maximum atomic E-state index is 14.0. The first-order chi connectivity index (χ1) is 14.6. The Morgan fingerprint density at radius 3 is 2.33 bits per heavy atom. The maximum Gasteiger partial charge on any atom is 0.183 e. The molecule has 0 saturated carbocycles. The van der Waals surface area contributed by atoms with Crippen LogP contribution >= 0.6 is 0 Å². The second-order valence-corrected chi connectivity index (χ2v) is 9.02. The monoisotopic (exact) mass is 395 g/mol. The summed E-state index contributed by atoms with van der Waals surface area (Å²) in [6.07, 6.45) is 5.30. The van der Waals surface area contributed by atoms with E-state index >= 15 is 0 Å². The molecule has 3 aromatic rings. The fourth-order valence-electron chi connectivity index (χ4n) is 5.31. The minimum Gasteiger partial charge on any atom is -0.292 e. The van der Waals surface area contributed by atoms with Crippen LogP contribution in [0.25, 0.3) is 11.1 Å². The van der Waals surface area contributed by atoms with E-state index in [1.54, 1.807) is 0 Å². The predicted octanol–water partition coefficient (Wildman–Crippen LogP) is 5.93. The van der Waals surface area contributed by atoms with Gasteiger partial charge in [0.2, 0.25) is 0 Å². The first-order valence-corrected chi connectivity index (χ1v) is 11.2. The molecule has 0 N–H and O–H groups in total. The van der Waals surface area contributed by atoms with Crippen molar-refractivity contribution in [1.29, 1.82) is 0 Å². The highest BCUT2D eigenvalue weighted by molar-refractivity contribution is 6.04. The Morgan fingerprint density at radius 1 is 0.833 bits per heavy atom. The third-order valence-electron chi connectivity index (χ3n) is 6.99. The van der Waals surface area contributed by atoms with E-state index in [1.165, 1.54) is 47.1 Å². The number of carbonyl (C=O) groups excluding carboxylic acids is 1. The molecule has 0 bridgehead atoms. The zero-order valence-corrected chi connectivity index (χ0v) is 17.7. The lowest BCUT2D eigenvalue weighted by Gasteiger charge is -2.42. The van der Waals surface area contributed by atoms with E-state index in [0.717, 1.165) is 31.5 Å². The summed E-state index contributed by atoms with van der Waals surface area (Å²) in [5, 5.41) is 0. The fraction of sp³-hybridized carbons (Fsp3) is 0.321. The van der Waals surface area contributed by atoms with Crippen LogP contribution in [0.1, 0.15) is 53.2 Å². The first kappa shape index (κ1) is 19.3. The molecule has 1 atom stereocenters. The van der Waals surface area contributed by atoms with E-state index in [0.29, 0.717) is 0 Å². The van der Waals surface area contributed by atoms with E-state index in [4.69, 9.17) is 0 Å². The summed E-state index contributed by atoms with van der Waals surface area (Å²) in [7, 11) is 0. The zero-order chi connectivity index (χ0) is 20.6. The molecule has 2 aliphatic rings. The number of fused-ring (bicyclic) bond motifs is 3. The number of hydrogen-bond donors (Lipinski definition) is 0. The summed E-state index contributed by atoms with van der Waals surface area (Å²) < 4.78 is 0. The Balaban J connectivity index is 1.50. The fourth-order valence-corrected chi connectivity index (χ4v) is 5.31. The molecule has 2 nitrogen and oxygen atoms in total. The van der Waals surface area contributed by atoms with E-state index < -0.39 is 5.54 Å². The maximum absolute atomic E-state index is 14.0. The van der Waals surface area contributed by atoms with Crippen molar-refractivity contribution in [2.24, 2.45) is 0 Å². The van der Waals surface area contributed by atoms with Gasteiger partial charge in [-0.15, -0.1) is 0 Å². The van der Waals surface area contributed by atoms with Crippen molar-refractivity contribution in [1.82, 2.24) is 4.90 Å². The van der Waals surface area contributed by atoms with Crippen LogP contribution in [0, 0.1) is 0 Å². The number of carbonyl (C=O) groups is 1. The van der Waals surface area contributed by atoms with Gasteiger partial charge in [-0.2, -0.15) is 0 Å². The topological polar surface area (TPSA) is 20.3 Å². The van der Waals surface area contributed by atoms with Crippen LogP contribution in [0.3, 0.4) is 0 Å². The highest BCUT2D eigenvalue weighted by Crippen LogP contribution is 2.38. The molecule has 1 fully saturated rings. The van der Waals surface area contributed by atoms with E-state index in [1.807, 2.05) is 6.07 Å². The minimum absolute atomic E-state index is 0.256. The Labute approximate surface area is 179 Å². The van der Waals surface area contributed by atoms with Gasteiger partial charge >= 0.3 is 0 Å². The van der Waals surface area contributed by atoms with Crippen molar-refractivity contribution in [2.75, 3.05) is 13.1 Å². The molecule has 3 aromatic carbocycles. The molecule has 1 aliphatic carbocycles. The Kier molecular flexibility index (Phi) is 5.04. The molecule has 1 aliphatic heterocycles. The van der Waals surface area contributed by atoms with Crippen molar-refractivity contribution < 1.29 is 4.79 Å². The zero-order valence-electron chi connectivity index (χ0n) is 17.7. The van der Waals surface area contributed by atoms with Gasteiger partial charge in [-0.05, 0) is 79.6 Å². The van der Waals surface area contributed by atoms with Crippen molar-refractivity contribution >= 4 is 5.78 Å². The number of Topliss-reactive ketones (excluding diaryl/α,β-unsaturated/α-hetero) is 1. The molecule has 0 spiro atoms. The molecule has 0 amide bonds. The molecule has 1 heterocycles. The highest BCUT2D eigenvalue weighted by Gasteiger charge is 2.40. The summed E-state index contributed by atoms with van der Waals surface area (Å²) in [5.74, 6) is 0.256. The average molecular weight is 396 g/mol. The predicted molar refractivity (Wildman–Crippen MR) is 123 cm³/mol. The van der Waals surface area contributed by atoms with Crippen LogP contribution < -0.4 is 0 Å². The smallest absolute Gasteiger partial charge is 0.183 e. The summed E-state index contributed by atoms with van der Waals surface area (Å²) in [6.45, 7) is 4.17. The van der Waals surface area contributed by atoms with Crippen LogP contribution in [0.15, 0.2) is 72.8 Å². The largest absolute Gasteiger partial charge is 0.292 e. The standard InChI is InChI=1S/C28H29NO/c1-28(29-16-8-3-9-17-29,20-21-10-4-2-5-11-21)27(30)23-14-15-26-24(19-23)18-22-12-6-7-13-25(22)26/h2,4-7,10-15,19H,3,8-9,16-18,20H2,1H3. The average Bonchev–Trinajstić information content (AvgIpc) is 3.17. The minimum atomic E-state index is -0.512. The number of benzene rings is 3. The quantitative estimate of drug-likeness (QED) is 0.391. The number of ketones is 1. The lowest BCUT2D eigenvalue weighted by Crippen LogP contribution is -2.55. The molecule has 0 aromatic heterocycles. The Bertz CT molecular complexity index is 1070. The lowest BCUT2D eigenvalue weighted by molar-refractivity contribution is 0.0519. The van der Waals surface area contributed by atoms with E-state index in [9.17, 15) is 4.79 Å². The van der Waals surface area contributed by atoms with Crippen molar-refractivity contribution in [2.45, 2.75) is 44.6 Å². The highest BCUT2D eigenvalue weighted by atomic mass is 16.1. The third kappa shape index (κ3) is 3.40. The third-order valence-corrected chi connectivity index (χ3v) is 6.99. The lowest BCUT2D eigenvalue weighted by atomic mass is 9.81. The first-order valence-electron chi connectivity index (χ1n) is 11.2. The second-order valence-electron chi connectivity index (χ2n) is 9.02. The SMILES string of the molecule is CC(Cc1ccccc1)(C(=O)c1ccc2c(c1)Cc1ccccc1-2)N1CCCCC1. The summed E-state index contributed by atoms with van der Waals surface area (Å²) in [6, 6.07) is 25.4. The van der Waals surface area contributed by atoms with Gasteiger partial charge in [0.1, 0.15) is 0 Å². The van der Waals surface area contributed by atoms with Crippen molar-refractivity contribution in [3.8, 4) is 11.1 Å². The van der Waals surface area contributed by atoms with Crippen LogP contribution in [0.2, 0.25) is 0 Å². The number of hydrogen-bond acceptors (Lipinski definition) is 2. The van der Waals surface area contributed by atoms with Crippen LogP contribution in [0.5, 0.6) is 0 Å². The molecule has 152 valence electrons. The molecule has 2 heteroatoms. The van der Waals surface area contributed by atoms with Gasteiger partial charge in [-0.25, -0.2) is 0 Å². The molecule has 30 heavy (non-hydrogen) atoms. The number of piperidine rings is 1. The number of nitrogens with zero attached hydrogens (tertiary/aromatic N) is 1. The molecule has 1 unspecified atom stereocenters. The van der Waals surface area contributed by atoms with Gasteiger partial charge in [0.25, 0.3) is 0 Å². The molecule has 1 saturated heterocycles. The summed E-state index contributed by atoms with van der Waals surface area (Å²) in [5.41, 5.74) is 6.81. The van der Waals surface area contributed by atoms with Crippen LogP contribution in [-0.4, -0.2) is 29.3 Å². The van der Waals surface area contributed by atoms with Crippen molar-refractivity contribution in [3.63, 3.8) is 0 Å². The normalized spacial score (nSPS) is 17.8. The number of rotatable bonds is 5. The molecular weight excluding hydrogens is 366 g/mol. The van der Waals surface area contributed by atoms with Gasteiger partial charge in [-0.3, -0.25) is 9.69 Å². The van der Waals surface area contributed by atoms with E-state index in [2.05, 4.69) is 78.6 Å². The summed E-state index contributed by atoms with van der Waals surface area (Å²) >= 11 is 0. The molecule has 0 radical (unpaired) electrons. The molecular formula is C28H29NO. The number of likely N-dealkylation sites (tertiary alicyclic amines) is 1. The Hall–Kier alpha value is -2.71. The van der Waals surface area contributed by atoms with Gasteiger partial charge < -0.3 is 0 Å². The van der Waals surface area contributed by atoms with Gasteiger partial charge in [0, 0.05) is 5.56 Å². The van der Waals surface area contributed by atoms with Gasteiger partial charge in [0.05, 0.1) is 5.54 Å². The van der Waals surface area contributed by atoms with Crippen molar-refractivity contribution in [3.05, 3.63) is 95.1 Å².